The van der Waals surface area contributed by atoms with Gasteiger partial charge in [0.25, 0.3) is 0 Å². The van der Waals surface area contributed by atoms with Gasteiger partial charge in [-0.15, -0.1) is 0 Å². The van der Waals surface area contributed by atoms with Crippen LogP contribution in [0.1, 0.15) is 43.6 Å². The molecular formula is C28H29BrO12. The van der Waals surface area contributed by atoms with Gasteiger partial charge in [-0.2, -0.15) is 0 Å². The van der Waals surface area contributed by atoms with E-state index in [0.717, 1.165) is 37.7 Å². The number of aromatic hydroxyl groups is 1. The number of esters is 4. The number of hydrogen-bond donors (Lipinski definition) is 1. The molecule has 13 heteroatoms. The lowest BCUT2D eigenvalue weighted by Gasteiger charge is -2.43. The third-order valence-electron chi connectivity index (χ3n) is 5.75. The van der Waals surface area contributed by atoms with Crippen molar-refractivity contribution in [1.82, 2.24) is 0 Å². The smallest absolute Gasteiger partial charge is 0.303 e. The second kappa shape index (κ2) is 14.1. The van der Waals surface area contributed by atoms with E-state index in [1.807, 2.05) is 0 Å². The van der Waals surface area contributed by atoms with Crippen molar-refractivity contribution in [2.45, 2.75) is 64.8 Å². The predicted molar refractivity (Wildman–Crippen MR) is 143 cm³/mol. The number of phenolic OH excluding ortho intramolecular Hbond substituents is 1. The van der Waals surface area contributed by atoms with Gasteiger partial charge in [-0.1, -0.05) is 28.1 Å². The van der Waals surface area contributed by atoms with Gasteiger partial charge in [-0.05, 0) is 29.8 Å². The van der Waals surface area contributed by atoms with Crippen LogP contribution >= 0.6 is 15.9 Å². The molecule has 2 aromatic carbocycles. The second-order valence-electron chi connectivity index (χ2n) is 9.09. The molecule has 0 saturated carbocycles. The lowest BCUT2D eigenvalue weighted by Crippen LogP contribution is -2.63. The maximum atomic E-state index is 12.8. The van der Waals surface area contributed by atoms with E-state index in [-0.39, 0.29) is 29.3 Å². The Morgan fingerprint density at radius 2 is 1.39 bits per heavy atom. The van der Waals surface area contributed by atoms with Gasteiger partial charge in [0, 0.05) is 44.7 Å². The van der Waals surface area contributed by atoms with Crippen LogP contribution in [-0.4, -0.2) is 72.1 Å². The molecule has 1 aliphatic rings. The van der Waals surface area contributed by atoms with Gasteiger partial charge in [0.2, 0.25) is 12.4 Å². The normalized spacial score (nSPS) is 21.7. The molecule has 0 amide bonds. The van der Waals surface area contributed by atoms with Crippen molar-refractivity contribution < 1.29 is 57.5 Å². The first-order valence-electron chi connectivity index (χ1n) is 12.4. The van der Waals surface area contributed by atoms with Crippen molar-refractivity contribution in [2.75, 3.05) is 6.61 Å². The Balaban J connectivity index is 1.90. The third kappa shape index (κ3) is 9.02. The first-order chi connectivity index (χ1) is 19.3. The van der Waals surface area contributed by atoms with Crippen molar-refractivity contribution >= 4 is 45.6 Å². The molecule has 3 rings (SSSR count). The van der Waals surface area contributed by atoms with E-state index in [0.29, 0.717) is 0 Å². The van der Waals surface area contributed by atoms with E-state index >= 15 is 0 Å². The molecule has 0 spiro atoms. The number of hydrogen-bond acceptors (Lipinski definition) is 12. The lowest BCUT2D eigenvalue weighted by molar-refractivity contribution is -0.288. The van der Waals surface area contributed by atoms with Gasteiger partial charge >= 0.3 is 23.9 Å². The fourth-order valence-electron chi connectivity index (χ4n) is 4.12. The maximum Gasteiger partial charge on any atom is 0.303 e. The minimum absolute atomic E-state index is 0.00333. The molecular weight excluding hydrogens is 608 g/mol. The lowest BCUT2D eigenvalue weighted by atomic mass is 9.98. The Morgan fingerprint density at radius 3 is 1.95 bits per heavy atom. The average Bonchev–Trinajstić information content (AvgIpc) is 2.87. The molecule has 5 atom stereocenters. The maximum absolute atomic E-state index is 12.8. The zero-order valence-corrected chi connectivity index (χ0v) is 24.2. The second-order valence-corrected chi connectivity index (χ2v) is 10.0. The minimum Gasteiger partial charge on any atom is -0.507 e. The largest absolute Gasteiger partial charge is 0.507 e. The number of Topliss-reactive ketones (excluding diaryl/α,β-unsaturated/α-hetero) is 1. The molecule has 0 radical (unpaired) electrons. The van der Waals surface area contributed by atoms with Crippen molar-refractivity contribution in [3.05, 3.63) is 58.1 Å². The number of ketones is 1. The summed E-state index contributed by atoms with van der Waals surface area (Å²) in [6.45, 7) is 4.05. The van der Waals surface area contributed by atoms with E-state index in [1.165, 1.54) is 18.2 Å². The summed E-state index contributed by atoms with van der Waals surface area (Å²) in [6, 6.07) is 11.1. The molecule has 0 aromatic heterocycles. The number of halogens is 1. The summed E-state index contributed by atoms with van der Waals surface area (Å²) in [5.41, 5.74) is 0.789. The minimum atomic E-state index is -1.49. The van der Waals surface area contributed by atoms with E-state index < -0.39 is 61.2 Å². The topological polar surface area (TPSA) is 161 Å². The number of carbonyl (C=O) groups excluding carboxylic acids is 5. The molecule has 0 unspecified atom stereocenters. The molecule has 220 valence electrons. The highest BCUT2D eigenvalue weighted by atomic mass is 79.9. The van der Waals surface area contributed by atoms with Crippen LogP contribution in [0.4, 0.5) is 0 Å². The monoisotopic (exact) mass is 636 g/mol. The molecule has 0 aliphatic carbocycles. The highest BCUT2D eigenvalue weighted by Gasteiger charge is 2.53. The van der Waals surface area contributed by atoms with Crippen molar-refractivity contribution in [2.24, 2.45) is 0 Å². The summed E-state index contributed by atoms with van der Waals surface area (Å²) in [7, 11) is 0. The molecule has 1 fully saturated rings. The summed E-state index contributed by atoms with van der Waals surface area (Å²) < 4.78 is 33.7. The first-order valence-corrected chi connectivity index (χ1v) is 13.2. The molecule has 2 aromatic rings. The number of phenols is 1. The molecule has 41 heavy (non-hydrogen) atoms. The summed E-state index contributed by atoms with van der Waals surface area (Å²) in [4.78, 5) is 60.1. The highest BCUT2D eigenvalue weighted by Crippen LogP contribution is 2.33. The van der Waals surface area contributed by atoms with Crippen LogP contribution in [0.2, 0.25) is 0 Å². The Labute approximate surface area is 243 Å². The standard InChI is InChI=1S/C28H29BrO12/c1-14(30)36-13-24-25(37-15(2)31)26(38-16(3)32)27(39-17(4)33)28(41-24)40-20-9-10-21(23(35)12-20)22(34)11-18-5-7-19(29)8-6-18/h5-10,12,24-28,35H,11,13H2,1-4H3/t24-,25-,26+,27+,28-/m0/s1. The van der Waals surface area contributed by atoms with Crippen LogP contribution in [0, 0.1) is 0 Å². The Bertz CT molecular complexity index is 1290. The predicted octanol–water partition coefficient (Wildman–Crippen LogP) is 3.04. The SMILES string of the molecule is CC(=O)OC[C@@H]1O[C@H](Oc2ccc(C(=O)Cc3ccc(Br)cc3)c(O)c2)[C@H](OC(C)=O)[C@H](OC(C)=O)[C@H]1OC(C)=O. The van der Waals surface area contributed by atoms with Crippen LogP contribution in [-0.2, 0) is 49.3 Å². The van der Waals surface area contributed by atoms with Crippen LogP contribution < -0.4 is 4.74 Å². The molecule has 0 bridgehead atoms. The number of carbonyl (C=O) groups is 5. The van der Waals surface area contributed by atoms with E-state index in [2.05, 4.69) is 15.9 Å². The van der Waals surface area contributed by atoms with E-state index in [4.69, 9.17) is 28.4 Å². The van der Waals surface area contributed by atoms with E-state index in [1.54, 1.807) is 24.3 Å². The zero-order valence-electron chi connectivity index (χ0n) is 22.7. The van der Waals surface area contributed by atoms with Crippen LogP contribution in [0.5, 0.6) is 11.5 Å². The summed E-state index contributed by atoms with van der Waals surface area (Å²) in [6.07, 6.45) is -6.86. The quantitative estimate of drug-likeness (QED) is 0.231. The van der Waals surface area contributed by atoms with Crippen molar-refractivity contribution in [3.63, 3.8) is 0 Å². The number of benzene rings is 2. The molecule has 1 N–H and O–H groups in total. The molecule has 1 saturated heterocycles. The number of ether oxygens (including phenoxy) is 6. The van der Waals surface area contributed by atoms with Crippen molar-refractivity contribution in [1.29, 1.82) is 0 Å². The fraction of sp³-hybridized carbons (Fsp3) is 0.393. The highest BCUT2D eigenvalue weighted by molar-refractivity contribution is 9.10. The summed E-state index contributed by atoms with van der Waals surface area (Å²) in [5, 5.41) is 10.6. The number of rotatable bonds is 10. The van der Waals surface area contributed by atoms with Gasteiger partial charge < -0.3 is 33.5 Å². The fourth-order valence-corrected chi connectivity index (χ4v) is 4.39. The van der Waals surface area contributed by atoms with Gasteiger partial charge in [-0.25, -0.2) is 0 Å². The average molecular weight is 637 g/mol. The molecule has 1 heterocycles. The van der Waals surface area contributed by atoms with E-state index in [9.17, 15) is 29.1 Å². The van der Waals surface area contributed by atoms with Gasteiger partial charge in [0.1, 0.15) is 24.2 Å². The van der Waals surface area contributed by atoms with Crippen LogP contribution in [0.3, 0.4) is 0 Å². The van der Waals surface area contributed by atoms with Crippen LogP contribution in [0.15, 0.2) is 46.9 Å². The Hall–Kier alpha value is -3.97. The van der Waals surface area contributed by atoms with Gasteiger partial charge in [-0.3, -0.25) is 24.0 Å². The molecule has 1 aliphatic heterocycles. The Morgan fingerprint density at radius 1 is 0.805 bits per heavy atom. The summed E-state index contributed by atoms with van der Waals surface area (Å²) >= 11 is 3.34. The third-order valence-corrected chi connectivity index (χ3v) is 6.28. The Kier molecular flexibility index (Phi) is 10.8. The zero-order chi connectivity index (χ0) is 30.3. The summed E-state index contributed by atoms with van der Waals surface area (Å²) in [5.74, 6) is -3.73. The van der Waals surface area contributed by atoms with Gasteiger partial charge in [0.05, 0.1) is 5.56 Å². The first kappa shape index (κ1) is 31.6. The van der Waals surface area contributed by atoms with Gasteiger partial charge in [0.15, 0.2) is 18.0 Å². The molecule has 12 nitrogen and oxygen atoms in total. The van der Waals surface area contributed by atoms with Crippen molar-refractivity contribution in [3.8, 4) is 11.5 Å². The van der Waals surface area contributed by atoms with Crippen LogP contribution in [0.25, 0.3) is 0 Å².